The summed E-state index contributed by atoms with van der Waals surface area (Å²) >= 11 is 6.37. The number of sulfonamides is 1. The van der Waals surface area contributed by atoms with E-state index in [-0.39, 0.29) is 97.7 Å². The van der Waals surface area contributed by atoms with Crippen LogP contribution in [-0.4, -0.2) is 147 Å². The van der Waals surface area contributed by atoms with E-state index in [4.69, 9.17) is 25.8 Å². The molecule has 1 saturated carbocycles. The number of ether oxygens (including phenoxy) is 3. The Kier molecular flexibility index (Phi) is 20.7. The highest BCUT2D eigenvalue weighted by atomic mass is 35.5. The first-order valence-electron chi connectivity index (χ1n) is 25.6. The van der Waals surface area contributed by atoms with Crippen molar-refractivity contribution in [1.29, 1.82) is 0 Å². The van der Waals surface area contributed by atoms with Crippen molar-refractivity contribution in [1.82, 2.24) is 35.5 Å². The van der Waals surface area contributed by atoms with Crippen LogP contribution in [0.15, 0.2) is 41.3 Å². The molecule has 23 heteroatoms. The van der Waals surface area contributed by atoms with Crippen molar-refractivity contribution >= 4 is 63.2 Å². The second kappa shape index (κ2) is 25.7. The standard InChI is InChI=1S/C51H78ClF2N9O10S/c1-48(2,3)71-45(66)55-22-11-25-60(26-12-23-56-46(67)72-49(4,5)6)24-10-13-43(64)57-37-16-14-35(15-17-37)51(53,54)36-31-41(52)59-42(32-36)61-27-29-62(30-28-61)74(69,70)40-20-18-39(19-21-40)63-34-38(33-44(63)65)58-47(68)73-50(7,8)9/h18-21,31-32,35,37-38H,10-17,22-30,33-34H2,1-9H3,(H,55,66)(H,56,67)(H,57,64)(H,58,68)/t35?,37?,38-/m1/s1. The minimum Gasteiger partial charge on any atom is -0.444 e. The van der Waals surface area contributed by atoms with E-state index in [1.54, 1.807) is 79.3 Å². The number of carbonyl (C=O) groups excluding carboxylic acids is 5. The lowest BCUT2D eigenvalue weighted by atomic mass is 9.80. The van der Waals surface area contributed by atoms with Crippen molar-refractivity contribution in [2.75, 3.05) is 75.2 Å². The largest absolute Gasteiger partial charge is 0.444 e. The molecule has 4 N–H and O–H groups in total. The first kappa shape index (κ1) is 59.8. The number of nitrogens with zero attached hydrogens (tertiary/aromatic N) is 5. The predicted octanol–water partition coefficient (Wildman–Crippen LogP) is 7.55. The molecule has 5 amide bonds. The molecule has 3 aliphatic rings. The number of halogens is 3. The fourth-order valence-electron chi connectivity index (χ4n) is 9.02. The molecule has 1 aromatic heterocycles. The number of anilines is 2. The van der Waals surface area contributed by atoms with Crippen LogP contribution >= 0.6 is 11.6 Å². The van der Waals surface area contributed by atoms with E-state index < -0.39 is 63.0 Å². The zero-order valence-electron chi connectivity index (χ0n) is 44.5. The first-order chi connectivity index (χ1) is 34.5. The number of hydrogen-bond acceptors (Lipinski definition) is 13. The molecular formula is C51H78ClF2N9O10S. The third kappa shape index (κ3) is 18.9. The van der Waals surface area contributed by atoms with Gasteiger partial charge in [0.2, 0.25) is 21.8 Å². The molecular weight excluding hydrogens is 1000 g/mol. The van der Waals surface area contributed by atoms with Crippen molar-refractivity contribution in [3.05, 3.63) is 47.1 Å². The number of alkyl carbamates (subject to hydrolysis) is 3. The average Bonchev–Trinajstić information content (AvgIpc) is 3.66. The molecule has 5 rings (SSSR count). The molecule has 0 spiro atoms. The molecule has 2 saturated heterocycles. The van der Waals surface area contributed by atoms with E-state index in [2.05, 4.69) is 31.2 Å². The molecule has 1 atom stereocenters. The maximum Gasteiger partial charge on any atom is 0.407 e. The molecule has 2 aliphatic heterocycles. The van der Waals surface area contributed by atoms with Crippen LogP contribution in [0.3, 0.4) is 0 Å². The Hall–Kier alpha value is -5.06. The Bertz CT molecular complexity index is 2310. The van der Waals surface area contributed by atoms with Crippen molar-refractivity contribution in [3.63, 3.8) is 0 Å². The van der Waals surface area contributed by atoms with Crippen LogP contribution < -0.4 is 31.1 Å². The van der Waals surface area contributed by atoms with E-state index in [9.17, 15) is 32.4 Å². The first-order valence-corrected chi connectivity index (χ1v) is 27.5. The summed E-state index contributed by atoms with van der Waals surface area (Å²) < 4.78 is 77.4. The van der Waals surface area contributed by atoms with Gasteiger partial charge >= 0.3 is 18.3 Å². The van der Waals surface area contributed by atoms with E-state index in [1.165, 1.54) is 33.5 Å². The van der Waals surface area contributed by atoms with Gasteiger partial charge in [0.15, 0.2) is 0 Å². The number of hydrogen-bond donors (Lipinski definition) is 4. The fraction of sp³-hybridized carbons (Fsp3) is 0.686. The number of amides is 5. The Morgan fingerprint density at radius 3 is 1.80 bits per heavy atom. The van der Waals surface area contributed by atoms with E-state index >= 15 is 8.78 Å². The fourth-order valence-corrected chi connectivity index (χ4v) is 10.6. The minimum absolute atomic E-state index is 0.0301. The Balaban J connectivity index is 1.07. The topological polar surface area (TPSA) is 221 Å². The Labute approximate surface area is 440 Å². The number of aromatic nitrogens is 1. The van der Waals surface area contributed by atoms with Gasteiger partial charge in [-0.05, 0) is 163 Å². The van der Waals surface area contributed by atoms with Crippen LogP contribution in [0.1, 0.15) is 126 Å². The Morgan fingerprint density at radius 2 is 1.26 bits per heavy atom. The molecule has 0 bridgehead atoms. The molecule has 19 nitrogen and oxygen atoms in total. The van der Waals surface area contributed by atoms with Crippen LogP contribution in [-0.2, 0) is 39.7 Å². The van der Waals surface area contributed by atoms with Crippen LogP contribution in [0.2, 0.25) is 5.15 Å². The quantitative estimate of drug-likeness (QED) is 0.0572. The summed E-state index contributed by atoms with van der Waals surface area (Å²) in [4.78, 5) is 72.2. The van der Waals surface area contributed by atoms with Gasteiger partial charge in [-0.15, -0.1) is 0 Å². The summed E-state index contributed by atoms with van der Waals surface area (Å²) in [5.74, 6) is -4.42. The van der Waals surface area contributed by atoms with Crippen molar-refractivity contribution in [3.8, 4) is 0 Å². The second-order valence-electron chi connectivity index (χ2n) is 22.2. The third-order valence-corrected chi connectivity index (χ3v) is 14.6. The van der Waals surface area contributed by atoms with E-state index in [0.29, 0.717) is 70.5 Å². The summed E-state index contributed by atoms with van der Waals surface area (Å²) in [5.41, 5.74) is -1.71. The summed E-state index contributed by atoms with van der Waals surface area (Å²) in [5, 5.41) is 11.2. The summed E-state index contributed by atoms with van der Waals surface area (Å²) in [6, 6.07) is 7.75. The zero-order valence-corrected chi connectivity index (χ0v) is 46.1. The van der Waals surface area contributed by atoms with Gasteiger partial charge in [-0.3, -0.25) is 9.59 Å². The van der Waals surface area contributed by atoms with Gasteiger partial charge < -0.3 is 50.2 Å². The third-order valence-electron chi connectivity index (χ3n) is 12.5. The summed E-state index contributed by atoms with van der Waals surface area (Å²) in [7, 11) is -3.95. The average molecular weight is 1080 g/mol. The SMILES string of the molecule is CC(C)(C)OC(=O)NCCCN(CCCNC(=O)OC(C)(C)C)CCCC(=O)NC1CCC(C(F)(F)c2cc(Cl)nc(N3CCN(S(=O)(=O)c4ccc(N5C[C@H](NC(=O)OC(C)(C)C)CC5=O)cc4)CC3)c2)CC1. The molecule has 1 aromatic carbocycles. The summed E-state index contributed by atoms with van der Waals surface area (Å²) in [6.07, 6.45) is 1.62. The lowest BCUT2D eigenvalue weighted by Crippen LogP contribution is -2.49. The maximum absolute atomic E-state index is 16.3. The lowest BCUT2D eigenvalue weighted by molar-refractivity contribution is -0.122. The van der Waals surface area contributed by atoms with Gasteiger partial charge in [-0.25, -0.2) is 36.6 Å². The number of pyridine rings is 1. The van der Waals surface area contributed by atoms with Crippen molar-refractivity contribution in [2.45, 2.75) is 160 Å². The predicted molar refractivity (Wildman–Crippen MR) is 278 cm³/mol. The molecule has 3 fully saturated rings. The van der Waals surface area contributed by atoms with Gasteiger partial charge in [0.1, 0.15) is 27.8 Å². The molecule has 414 valence electrons. The maximum atomic E-state index is 16.3. The van der Waals surface area contributed by atoms with Crippen LogP contribution in [0.5, 0.6) is 0 Å². The van der Waals surface area contributed by atoms with Gasteiger partial charge in [0.05, 0.1) is 10.9 Å². The van der Waals surface area contributed by atoms with Gasteiger partial charge in [0.25, 0.3) is 5.92 Å². The molecule has 74 heavy (non-hydrogen) atoms. The monoisotopic (exact) mass is 1080 g/mol. The van der Waals surface area contributed by atoms with Crippen molar-refractivity contribution in [2.24, 2.45) is 5.92 Å². The lowest BCUT2D eigenvalue weighted by Gasteiger charge is -2.36. The molecule has 2 aromatic rings. The number of piperazine rings is 1. The molecule has 0 radical (unpaired) electrons. The highest BCUT2D eigenvalue weighted by Gasteiger charge is 2.44. The summed E-state index contributed by atoms with van der Waals surface area (Å²) in [6.45, 7) is 19.3. The van der Waals surface area contributed by atoms with E-state index in [1.807, 2.05) is 0 Å². The molecule has 1 aliphatic carbocycles. The number of nitrogens with one attached hydrogen (secondary N) is 4. The van der Waals surface area contributed by atoms with Crippen molar-refractivity contribution < 1.29 is 55.4 Å². The number of carbonyl (C=O) groups is 5. The molecule has 3 heterocycles. The zero-order chi connectivity index (χ0) is 54.6. The van der Waals surface area contributed by atoms with E-state index in [0.717, 1.165) is 0 Å². The Morgan fingerprint density at radius 1 is 0.730 bits per heavy atom. The number of rotatable bonds is 20. The van der Waals surface area contributed by atoms with Crippen LogP contribution in [0.25, 0.3) is 0 Å². The highest BCUT2D eigenvalue weighted by molar-refractivity contribution is 7.89. The van der Waals surface area contributed by atoms with Crippen LogP contribution in [0, 0.1) is 5.92 Å². The number of benzene rings is 1. The highest BCUT2D eigenvalue weighted by Crippen LogP contribution is 2.45. The minimum atomic E-state index is -3.95. The van der Waals surface area contributed by atoms with Gasteiger partial charge in [-0.1, -0.05) is 11.6 Å². The van der Waals surface area contributed by atoms with Gasteiger partial charge in [0, 0.05) is 81.9 Å². The normalized spacial score (nSPS) is 19.3. The van der Waals surface area contributed by atoms with Crippen LogP contribution in [0.4, 0.5) is 34.7 Å². The smallest absolute Gasteiger partial charge is 0.407 e. The number of alkyl halides is 2. The van der Waals surface area contributed by atoms with Gasteiger partial charge in [-0.2, -0.15) is 4.31 Å². The molecule has 0 unspecified atom stereocenters. The second-order valence-corrected chi connectivity index (χ2v) is 24.5.